The van der Waals surface area contributed by atoms with Crippen molar-refractivity contribution in [3.63, 3.8) is 0 Å². The lowest BCUT2D eigenvalue weighted by Crippen LogP contribution is -2.38. The minimum atomic E-state index is -0.208. The number of morpholine rings is 1. The Morgan fingerprint density at radius 3 is 2.50 bits per heavy atom. The fraction of sp³-hybridized carbons (Fsp3) is 0.333. The summed E-state index contributed by atoms with van der Waals surface area (Å²) in [4.78, 5) is 28.9. The Kier molecular flexibility index (Phi) is 7.27. The average molecular weight is 493 g/mol. The molecule has 28 heavy (non-hydrogen) atoms. The molecule has 148 valence electrons. The highest BCUT2D eigenvalue weighted by Crippen LogP contribution is 2.19. The Morgan fingerprint density at radius 1 is 1.14 bits per heavy atom. The standard InChI is InChI=1S/C21H24IN3O3/c1-2-24(21(27)16-4-3-5-17(22)14-16)15-20(26)23-18-6-8-19(9-7-18)25-10-12-28-13-11-25/h3-9,14H,2,10-13,15H2,1H3,(H,23,26). The first-order valence-electron chi connectivity index (χ1n) is 9.34. The highest BCUT2D eigenvalue weighted by molar-refractivity contribution is 14.1. The number of benzene rings is 2. The molecule has 0 spiro atoms. The zero-order valence-electron chi connectivity index (χ0n) is 15.9. The van der Waals surface area contributed by atoms with Gasteiger partial charge in [0.05, 0.1) is 13.2 Å². The fourth-order valence-corrected chi connectivity index (χ4v) is 3.63. The van der Waals surface area contributed by atoms with Crippen molar-refractivity contribution >= 4 is 45.8 Å². The number of ether oxygens (including phenoxy) is 1. The second-order valence-electron chi connectivity index (χ2n) is 6.52. The molecule has 1 fully saturated rings. The van der Waals surface area contributed by atoms with Gasteiger partial charge in [-0.05, 0) is 72.0 Å². The maximum atomic E-state index is 12.7. The van der Waals surface area contributed by atoms with Crippen molar-refractivity contribution in [2.75, 3.05) is 49.6 Å². The lowest BCUT2D eigenvalue weighted by molar-refractivity contribution is -0.116. The van der Waals surface area contributed by atoms with Gasteiger partial charge < -0.3 is 19.9 Å². The number of nitrogens with zero attached hydrogens (tertiary/aromatic N) is 2. The van der Waals surface area contributed by atoms with Crippen LogP contribution in [0.2, 0.25) is 0 Å². The van der Waals surface area contributed by atoms with E-state index >= 15 is 0 Å². The number of carbonyl (C=O) groups is 2. The molecular formula is C21H24IN3O3. The van der Waals surface area contributed by atoms with Crippen LogP contribution in [0.3, 0.4) is 0 Å². The van der Waals surface area contributed by atoms with Gasteiger partial charge in [0.15, 0.2) is 0 Å². The summed E-state index contributed by atoms with van der Waals surface area (Å²) in [6.45, 7) is 5.57. The van der Waals surface area contributed by atoms with Crippen molar-refractivity contribution in [1.29, 1.82) is 0 Å². The summed E-state index contributed by atoms with van der Waals surface area (Å²) in [5.74, 6) is -0.348. The molecule has 0 bridgehead atoms. The van der Waals surface area contributed by atoms with Crippen LogP contribution < -0.4 is 10.2 Å². The molecule has 1 aliphatic rings. The number of likely N-dealkylation sites (N-methyl/N-ethyl adjacent to an activating group) is 1. The Morgan fingerprint density at radius 2 is 1.86 bits per heavy atom. The number of amides is 2. The first-order chi connectivity index (χ1) is 13.6. The first-order valence-corrected chi connectivity index (χ1v) is 10.4. The third kappa shape index (κ3) is 5.45. The quantitative estimate of drug-likeness (QED) is 0.628. The van der Waals surface area contributed by atoms with Gasteiger partial charge in [-0.15, -0.1) is 0 Å². The van der Waals surface area contributed by atoms with Gasteiger partial charge in [-0.2, -0.15) is 0 Å². The summed E-state index contributed by atoms with van der Waals surface area (Å²) >= 11 is 2.17. The second kappa shape index (κ2) is 9.88. The summed E-state index contributed by atoms with van der Waals surface area (Å²) in [6.07, 6.45) is 0. The van der Waals surface area contributed by atoms with E-state index in [1.807, 2.05) is 49.4 Å². The van der Waals surface area contributed by atoms with E-state index in [0.29, 0.717) is 12.1 Å². The maximum Gasteiger partial charge on any atom is 0.254 e. The van der Waals surface area contributed by atoms with Gasteiger partial charge in [-0.3, -0.25) is 9.59 Å². The Labute approximate surface area is 179 Å². The highest BCUT2D eigenvalue weighted by Gasteiger charge is 2.18. The van der Waals surface area contributed by atoms with E-state index in [-0.39, 0.29) is 18.4 Å². The normalized spacial score (nSPS) is 13.9. The molecule has 1 saturated heterocycles. The van der Waals surface area contributed by atoms with Crippen LogP contribution in [0, 0.1) is 3.57 Å². The van der Waals surface area contributed by atoms with Crippen molar-refractivity contribution in [2.24, 2.45) is 0 Å². The molecule has 7 heteroatoms. The molecule has 1 N–H and O–H groups in total. The number of hydrogen-bond donors (Lipinski definition) is 1. The largest absolute Gasteiger partial charge is 0.378 e. The average Bonchev–Trinajstić information content (AvgIpc) is 2.72. The van der Waals surface area contributed by atoms with E-state index in [1.54, 1.807) is 11.0 Å². The molecule has 0 atom stereocenters. The second-order valence-corrected chi connectivity index (χ2v) is 7.77. The van der Waals surface area contributed by atoms with Crippen LogP contribution in [-0.2, 0) is 9.53 Å². The van der Waals surface area contributed by atoms with Gasteiger partial charge in [0, 0.05) is 40.1 Å². The van der Waals surface area contributed by atoms with E-state index in [9.17, 15) is 9.59 Å². The van der Waals surface area contributed by atoms with Crippen LogP contribution in [0.25, 0.3) is 0 Å². The first kappa shape index (κ1) is 20.6. The van der Waals surface area contributed by atoms with Gasteiger partial charge in [0.2, 0.25) is 5.91 Å². The van der Waals surface area contributed by atoms with Crippen molar-refractivity contribution in [1.82, 2.24) is 4.90 Å². The summed E-state index contributed by atoms with van der Waals surface area (Å²) in [6, 6.07) is 15.1. The summed E-state index contributed by atoms with van der Waals surface area (Å²) in [5, 5.41) is 2.88. The molecule has 3 rings (SSSR count). The molecule has 1 aliphatic heterocycles. The minimum Gasteiger partial charge on any atom is -0.378 e. The Bertz CT molecular complexity index is 820. The SMILES string of the molecule is CCN(CC(=O)Nc1ccc(N2CCOCC2)cc1)C(=O)c1cccc(I)c1. The molecule has 2 aromatic rings. The van der Waals surface area contributed by atoms with Gasteiger partial charge in [-0.25, -0.2) is 0 Å². The Balaban J connectivity index is 1.58. The molecule has 0 aliphatic carbocycles. The zero-order valence-corrected chi connectivity index (χ0v) is 18.0. The van der Waals surface area contributed by atoms with Crippen LogP contribution in [0.5, 0.6) is 0 Å². The molecule has 6 nitrogen and oxygen atoms in total. The van der Waals surface area contributed by atoms with E-state index < -0.39 is 0 Å². The zero-order chi connectivity index (χ0) is 19.9. The smallest absolute Gasteiger partial charge is 0.254 e. The fourth-order valence-electron chi connectivity index (χ4n) is 3.08. The van der Waals surface area contributed by atoms with E-state index in [4.69, 9.17) is 4.74 Å². The molecule has 2 amide bonds. The van der Waals surface area contributed by atoms with E-state index in [0.717, 1.165) is 41.2 Å². The van der Waals surface area contributed by atoms with Crippen molar-refractivity contribution in [2.45, 2.75) is 6.92 Å². The molecule has 2 aromatic carbocycles. The predicted molar refractivity (Wildman–Crippen MR) is 119 cm³/mol. The van der Waals surface area contributed by atoms with Crippen LogP contribution in [0.4, 0.5) is 11.4 Å². The molecular weight excluding hydrogens is 469 g/mol. The maximum absolute atomic E-state index is 12.7. The number of rotatable bonds is 6. The Hall–Kier alpha value is -2.13. The predicted octanol–water partition coefficient (Wildman–Crippen LogP) is 3.23. The third-order valence-corrected chi connectivity index (χ3v) is 5.27. The molecule has 0 saturated carbocycles. The molecule has 0 unspecified atom stereocenters. The number of halogens is 1. The van der Waals surface area contributed by atoms with E-state index in [2.05, 4.69) is 32.8 Å². The van der Waals surface area contributed by atoms with Gasteiger partial charge in [0.25, 0.3) is 5.91 Å². The third-order valence-electron chi connectivity index (χ3n) is 4.60. The van der Waals surface area contributed by atoms with Crippen LogP contribution in [-0.4, -0.2) is 56.1 Å². The lowest BCUT2D eigenvalue weighted by Gasteiger charge is -2.29. The molecule has 1 heterocycles. The van der Waals surface area contributed by atoms with Crippen LogP contribution in [0.15, 0.2) is 48.5 Å². The van der Waals surface area contributed by atoms with Crippen LogP contribution >= 0.6 is 22.6 Å². The topological polar surface area (TPSA) is 61.9 Å². The molecule has 0 radical (unpaired) electrons. The van der Waals surface area contributed by atoms with Crippen LogP contribution in [0.1, 0.15) is 17.3 Å². The summed E-state index contributed by atoms with van der Waals surface area (Å²) in [5.41, 5.74) is 2.43. The highest BCUT2D eigenvalue weighted by atomic mass is 127. The van der Waals surface area contributed by atoms with Gasteiger partial charge in [-0.1, -0.05) is 6.07 Å². The molecule has 0 aromatic heterocycles. The number of anilines is 2. The summed E-state index contributed by atoms with van der Waals surface area (Å²) in [7, 11) is 0. The van der Waals surface area contributed by atoms with Crippen molar-refractivity contribution in [3.8, 4) is 0 Å². The van der Waals surface area contributed by atoms with Gasteiger partial charge >= 0.3 is 0 Å². The van der Waals surface area contributed by atoms with E-state index in [1.165, 1.54) is 0 Å². The monoisotopic (exact) mass is 493 g/mol. The summed E-state index contributed by atoms with van der Waals surface area (Å²) < 4.78 is 6.36. The van der Waals surface area contributed by atoms with Crippen molar-refractivity contribution in [3.05, 3.63) is 57.7 Å². The lowest BCUT2D eigenvalue weighted by atomic mass is 10.2. The number of hydrogen-bond acceptors (Lipinski definition) is 4. The van der Waals surface area contributed by atoms with Crippen molar-refractivity contribution < 1.29 is 14.3 Å². The minimum absolute atomic E-state index is 0.0199. The van der Waals surface area contributed by atoms with Gasteiger partial charge in [0.1, 0.15) is 6.54 Å². The number of nitrogens with one attached hydrogen (secondary N) is 1. The number of carbonyl (C=O) groups excluding carboxylic acids is 2.